The molecule has 2 rings (SSSR count). The highest BCUT2D eigenvalue weighted by atomic mass is 32.1. The summed E-state index contributed by atoms with van der Waals surface area (Å²) in [4.78, 5) is 3.86. The molecule has 0 amide bonds. The quantitative estimate of drug-likeness (QED) is 0.854. The van der Waals surface area contributed by atoms with E-state index in [0.29, 0.717) is 6.04 Å². The van der Waals surface area contributed by atoms with Crippen LogP contribution in [0.4, 0.5) is 0 Å². The number of rotatable bonds is 7. The number of nitrogens with zero attached hydrogens (tertiary/aromatic N) is 3. The van der Waals surface area contributed by atoms with E-state index in [2.05, 4.69) is 54.5 Å². The number of nitrogens with two attached hydrogens (primary N) is 1. The Labute approximate surface area is 131 Å². The van der Waals surface area contributed by atoms with E-state index in [1.807, 2.05) is 17.9 Å². The minimum atomic E-state index is 0.108. The first kappa shape index (κ1) is 16.2. The predicted molar refractivity (Wildman–Crippen MR) is 89.2 cm³/mol. The fourth-order valence-electron chi connectivity index (χ4n) is 2.69. The van der Waals surface area contributed by atoms with E-state index in [-0.39, 0.29) is 12.1 Å². The summed E-state index contributed by atoms with van der Waals surface area (Å²) in [6, 6.07) is 5.03. The minimum absolute atomic E-state index is 0.108. The molecule has 5 heteroatoms. The van der Waals surface area contributed by atoms with Crippen LogP contribution < -0.4 is 5.73 Å². The molecule has 0 aliphatic carbocycles. The van der Waals surface area contributed by atoms with Crippen molar-refractivity contribution in [1.82, 2.24) is 14.7 Å². The third-order valence-electron chi connectivity index (χ3n) is 3.88. The van der Waals surface area contributed by atoms with Gasteiger partial charge in [-0.05, 0) is 31.7 Å². The highest BCUT2D eigenvalue weighted by molar-refractivity contribution is 7.09. The van der Waals surface area contributed by atoms with Crippen LogP contribution in [0.1, 0.15) is 43.7 Å². The minimum Gasteiger partial charge on any atom is -0.326 e. The van der Waals surface area contributed by atoms with Gasteiger partial charge in [0.05, 0.1) is 12.2 Å². The molecule has 0 bridgehead atoms. The van der Waals surface area contributed by atoms with Gasteiger partial charge in [-0.25, -0.2) is 0 Å². The van der Waals surface area contributed by atoms with Crippen molar-refractivity contribution in [3.63, 3.8) is 0 Å². The Bertz CT molecular complexity index is 532. The van der Waals surface area contributed by atoms with E-state index >= 15 is 0 Å². The standard InChI is InChI=1S/C16H26N4S/c1-5-15(17)16(13-9-18-19(4)10-13)20(12(2)3)11-14-7-6-8-21-14/h6-10,12,15-16H,5,11,17H2,1-4H3. The van der Waals surface area contributed by atoms with Gasteiger partial charge in [0.1, 0.15) is 0 Å². The first-order valence-electron chi connectivity index (χ1n) is 7.55. The van der Waals surface area contributed by atoms with Crippen LogP contribution in [0.5, 0.6) is 0 Å². The second kappa shape index (κ2) is 7.20. The Balaban J connectivity index is 2.30. The van der Waals surface area contributed by atoms with E-state index in [1.165, 1.54) is 10.4 Å². The van der Waals surface area contributed by atoms with Crippen LogP contribution in [-0.2, 0) is 13.6 Å². The summed E-state index contributed by atoms with van der Waals surface area (Å²) >= 11 is 1.80. The molecule has 116 valence electrons. The van der Waals surface area contributed by atoms with Gasteiger partial charge in [-0.3, -0.25) is 9.58 Å². The maximum absolute atomic E-state index is 6.45. The van der Waals surface area contributed by atoms with Crippen molar-refractivity contribution < 1.29 is 0 Å². The second-order valence-electron chi connectivity index (χ2n) is 5.81. The maximum atomic E-state index is 6.45. The molecular formula is C16H26N4S. The van der Waals surface area contributed by atoms with E-state index in [9.17, 15) is 0 Å². The lowest BCUT2D eigenvalue weighted by molar-refractivity contribution is 0.122. The van der Waals surface area contributed by atoms with Gasteiger partial charge < -0.3 is 5.73 Å². The highest BCUT2D eigenvalue weighted by Gasteiger charge is 2.29. The number of aromatic nitrogens is 2. The Hall–Kier alpha value is -1.17. The molecular weight excluding hydrogens is 280 g/mol. The molecule has 0 aromatic carbocycles. The van der Waals surface area contributed by atoms with Gasteiger partial charge in [-0.1, -0.05) is 13.0 Å². The zero-order valence-electron chi connectivity index (χ0n) is 13.4. The van der Waals surface area contributed by atoms with Crippen LogP contribution >= 0.6 is 11.3 Å². The van der Waals surface area contributed by atoms with E-state index in [0.717, 1.165) is 13.0 Å². The zero-order chi connectivity index (χ0) is 15.4. The van der Waals surface area contributed by atoms with Crippen molar-refractivity contribution in [3.05, 3.63) is 40.3 Å². The normalized spacial score (nSPS) is 14.8. The van der Waals surface area contributed by atoms with Gasteiger partial charge in [0.25, 0.3) is 0 Å². The van der Waals surface area contributed by atoms with Gasteiger partial charge in [0, 0.05) is 42.3 Å². The van der Waals surface area contributed by atoms with Gasteiger partial charge in [0.2, 0.25) is 0 Å². The van der Waals surface area contributed by atoms with Crippen LogP contribution in [0, 0.1) is 0 Å². The van der Waals surface area contributed by atoms with E-state index in [1.54, 1.807) is 11.3 Å². The molecule has 0 saturated carbocycles. The van der Waals surface area contributed by atoms with Crippen molar-refractivity contribution in [2.75, 3.05) is 0 Å². The lowest BCUT2D eigenvalue weighted by atomic mass is 9.97. The molecule has 0 aliphatic heterocycles. The lowest BCUT2D eigenvalue weighted by Crippen LogP contribution is -2.43. The number of thiophene rings is 1. The summed E-state index contributed by atoms with van der Waals surface area (Å²) in [5.74, 6) is 0. The molecule has 2 aromatic heterocycles. The average Bonchev–Trinajstić information content (AvgIpc) is 3.09. The Kier molecular flexibility index (Phi) is 5.56. The van der Waals surface area contributed by atoms with Crippen LogP contribution in [0.2, 0.25) is 0 Å². The predicted octanol–water partition coefficient (Wildman–Crippen LogP) is 3.17. The summed E-state index contributed by atoms with van der Waals surface area (Å²) < 4.78 is 1.86. The largest absolute Gasteiger partial charge is 0.326 e. The molecule has 2 unspecified atom stereocenters. The maximum Gasteiger partial charge on any atom is 0.0538 e. The van der Waals surface area contributed by atoms with Crippen LogP contribution in [0.3, 0.4) is 0 Å². The molecule has 0 radical (unpaired) electrons. The van der Waals surface area contributed by atoms with Crippen molar-refractivity contribution in [2.24, 2.45) is 12.8 Å². The van der Waals surface area contributed by atoms with Crippen molar-refractivity contribution >= 4 is 11.3 Å². The molecule has 2 N–H and O–H groups in total. The van der Waals surface area contributed by atoms with Crippen molar-refractivity contribution in [3.8, 4) is 0 Å². The smallest absolute Gasteiger partial charge is 0.0538 e. The molecule has 0 fully saturated rings. The van der Waals surface area contributed by atoms with Gasteiger partial charge in [-0.15, -0.1) is 11.3 Å². The van der Waals surface area contributed by atoms with Crippen LogP contribution in [-0.4, -0.2) is 26.8 Å². The lowest BCUT2D eigenvalue weighted by Gasteiger charge is -2.37. The van der Waals surface area contributed by atoms with Crippen LogP contribution in [0.25, 0.3) is 0 Å². The third-order valence-corrected chi connectivity index (χ3v) is 4.74. The Morgan fingerprint density at radius 1 is 1.43 bits per heavy atom. The first-order valence-corrected chi connectivity index (χ1v) is 8.43. The molecule has 4 nitrogen and oxygen atoms in total. The summed E-state index contributed by atoms with van der Waals surface area (Å²) in [6.45, 7) is 7.55. The summed E-state index contributed by atoms with van der Waals surface area (Å²) in [5.41, 5.74) is 7.66. The first-order chi connectivity index (χ1) is 10.0. The summed E-state index contributed by atoms with van der Waals surface area (Å²) in [5, 5.41) is 6.46. The monoisotopic (exact) mass is 306 g/mol. The molecule has 0 saturated heterocycles. The van der Waals surface area contributed by atoms with Gasteiger partial charge >= 0.3 is 0 Å². The molecule has 2 aromatic rings. The van der Waals surface area contributed by atoms with Crippen LogP contribution in [0.15, 0.2) is 29.9 Å². The molecule has 21 heavy (non-hydrogen) atoms. The van der Waals surface area contributed by atoms with Crippen molar-refractivity contribution in [1.29, 1.82) is 0 Å². The fraction of sp³-hybridized carbons (Fsp3) is 0.562. The molecule has 0 aliphatic rings. The number of aryl methyl sites for hydroxylation is 1. The van der Waals surface area contributed by atoms with Gasteiger partial charge in [0.15, 0.2) is 0 Å². The molecule has 2 heterocycles. The Morgan fingerprint density at radius 2 is 2.19 bits per heavy atom. The number of hydrogen-bond acceptors (Lipinski definition) is 4. The number of hydrogen-bond donors (Lipinski definition) is 1. The topological polar surface area (TPSA) is 47.1 Å². The van der Waals surface area contributed by atoms with Gasteiger partial charge in [-0.2, -0.15) is 5.10 Å². The second-order valence-corrected chi connectivity index (χ2v) is 6.84. The molecule has 0 spiro atoms. The summed E-state index contributed by atoms with van der Waals surface area (Å²) in [6.07, 6.45) is 4.99. The molecule has 2 atom stereocenters. The van der Waals surface area contributed by atoms with Crippen molar-refractivity contribution in [2.45, 2.75) is 51.9 Å². The highest BCUT2D eigenvalue weighted by Crippen LogP contribution is 2.29. The SMILES string of the molecule is CCC(N)C(c1cnn(C)c1)N(Cc1cccs1)C(C)C. The fourth-order valence-corrected chi connectivity index (χ4v) is 3.40. The Morgan fingerprint density at radius 3 is 2.67 bits per heavy atom. The van der Waals surface area contributed by atoms with E-state index < -0.39 is 0 Å². The average molecular weight is 306 g/mol. The van der Waals surface area contributed by atoms with E-state index in [4.69, 9.17) is 5.73 Å². The summed E-state index contributed by atoms with van der Waals surface area (Å²) in [7, 11) is 1.96. The third kappa shape index (κ3) is 3.93. The zero-order valence-corrected chi connectivity index (χ0v) is 14.2.